The van der Waals surface area contributed by atoms with Crippen molar-refractivity contribution in [3.8, 4) is 5.75 Å². The molecule has 0 aromatic heterocycles. The molecule has 2 N–H and O–H groups in total. The maximum absolute atomic E-state index is 12.3. The van der Waals surface area contributed by atoms with Crippen molar-refractivity contribution in [2.24, 2.45) is 0 Å². The summed E-state index contributed by atoms with van der Waals surface area (Å²) < 4.78 is 5.81. The number of nitrogens with zero attached hydrogens (tertiary/aromatic N) is 1. The number of benzene rings is 3. The van der Waals surface area contributed by atoms with E-state index in [1.54, 1.807) is 0 Å². The Morgan fingerprint density at radius 2 is 1.82 bits per heavy atom. The lowest BCUT2D eigenvalue weighted by Gasteiger charge is -2.19. The molecule has 0 saturated heterocycles. The van der Waals surface area contributed by atoms with Crippen molar-refractivity contribution in [1.82, 2.24) is 0 Å². The van der Waals surface area contributed by atoms with Crippen LogP contribution in [0, 0.1) is 0 Å². The van der Waals surface area contributed by atoms with Crippen LogP contribution >= 0.6 is 0 Å². The molecule has 0 fully saturated rings. The van der Waals surface area contributed by atoms with E-state index < -0.39 is 0 Å². The standard InChI is InChI=1S/C28H29N3O3/c32-27(6-3-17-34-24-12-13-25-22(18-24)9-14-28(33)30-25)29-23-10-7-20(8-11-23)19-31-16-15-21-4-1-2-5-26(21)31/h1-2,4-5,7-8,10-13,18H,3,6,9,14-17,19H2,(H,29,32)(H,30,33). The molecule has 6 heteroatoms. The molecule has 2 aliphatic rings. The molecule has 0 aliphatic carbocycles. The predicted molar refractivity (Wildman–Crippen MR) is 134 cm³/mol. The quantitative estimate of drug-likeness (QED) is 0.473. The van der Waals surface area contributed by atoms with Gasteiger partial charge in [0.05, 0.1) is 6.61 Å². The fraction of sp³-hybridized carbons (Fsp3) is 0.286. The summed E-state index contributed by atoms with van der Waals surface area (Å²) in [5.41, 5.74) is 6.73. The molecule has 0 atom stereocenters. The lowest BCUT2D eigenvalue weighted by atomic mass is 10.0. The Bertz CT molecular complexity index is 1190. The number of hydrogen-bond donors (Lipinski definition) is 2. The first kappa shape index (κ1) is 22.0. The van der Waals surface area contributed by atoms with Gasteiger partial charge in [-0.3, -0.25) is 9.59 Å². The Labute approximate surface area is 199 Å². The lowest BCUT2D eigenvalue weighted by Crippen LogP contribution is -2.19. The molecule has 2 aliphatic heterocycles. The van der Waals surface area contributed by atoms with Gasteiger partial charge in [-0.05, 0) is 72.4 Å². The van der Waals surface area contributed by atoms with Gasteiger partial charge in [0.1, 0.15) is 5.75 Å². The Balaban J connectivity index is 1.05. The van der Waals surface area contributed by atoms with Gasteiger partial charge < -0.3 is 20.3 Å². The van der Waals surface area contributed by atoms with Gasteiger partial charge in [0.25, 0.3) is 0 Å². The third-order valence-corrected chi connectivity index (χ3v) is 6.38. The Hall–Kier alpha value is -3.80. The molecule has 0 spiro atoms. The first-order valence-electron chi connectivity index (χ1n) is 11.9. The minimum Gasteiger partial charge on any atom is -0.494 e. The SMILES string of the molecule is O=C(CCCOc1ccc2c(c1)CCC(=O)N2)Nc1ccc(CN2CCc3ccccc32)cc1. The largest absolute Gasteiger partial charge is 0.494 e. The summed E-state index contributed by atoms with van der Waals surface area (Å²) in [6.07, 6.45) is 3.35. The maximum atomic E-state index is 12.3. The van der Waals surface area contributed by atoms with E-state index in [0.29, 0.717) is 25.9 Å². The van der Waals surface area contributed by atoms with Crippen LogP contribution in [0.2, 0.25) is 0 Å². The van der Waals surface area contributed by atoms with Crippen LogP contribution in [-0.2, 0) is 29.0 Å². The molecule has 3 aromatic rings. The third kappa shape index (κ3) is 5.22. The first-order chi connectivity index (χ1) is 16.6. The van der Waals surface area contributed by atoms with E-state index in [0.717, 1.165) is 48.6 Å². The first-order valence-corrected chi connectivity index (χ1v) is 11.9. The number of amides is 2. The number of ether oxygens (including phenoxy) is 1. The number of anilines is 3. The zero-order valence-electron chi connectivity index (χ0n) is 19.2. The molecule has 0 bridgehead atoms. The van der Waals surface area contributed by atoms with Crippen LogP contribution < -0.4 is 20.3 Å². The van der Waals surface area contributed by atoms with E-state index in [1.165, 1.54) is 16.8 Å². The fourth-order valence-corrected chi connectivity index (χ4v) is 4.58. The van der Waals surface area contributed by atoms with E-state index in [4.69, 9.17) is 4.74 Å². The second kappa shape index (κ2) is 10.00. The molecule has 34 heavy (non-hydrogen) atoms. The van der Waals surface area contributed by atoms with E-state index in [9.17, 15) is 9.59 Å². The minimum absolute atomic E-state index is 0.0158. The molecular weight excluding hydrogens is 426 g/mol. The molecular formula is C28H29N3O3. The van der Waals surface area contributed by atoms with Crippen LogP contribution in [-0.4, -0.2) is 25.0 Å². The number of carbonyl (C=O) groups excluding carboxylic acids is 2. The van der Waals surface area contributed by atoms with E-state index in [-0.39, 0.29) is 11.8 Å². The Kier molecular flexibility index (Phi) is 6.47. The summed E-state index contributed by atoms with van der Waals surface area (Å²) in [6.45, 7) is 2.38. The van der Waals surface area contributed by atoms with Crippen molar-refractivity contribution < 1.29 is 14.3 Å². The van der Waals surface area contributed by atoms with Crippen molar-refractivity contribution in [2.75, 3.05) is 28.7 Å². The number of fused-ring (bicyclic) bond motifs is 2. The summed E-state index contributed by atoms with van der Waals surface area (Å²) in [5, 5.41) is 5.84. The van der Waals surface area contributed by atoms with Gasteiger partial charge >= 0.3 is 0 Å². The van der Waals surface area contributed by atoms with Crippen molar-refractivity contribution in [2.45, 2.75) is 38.6 Å². The Morgan fingerprint density at radius 1 is 0.971 bits per heavy atom. The maximum Gasteiger partial charge on any atom is 0.224 e. The average Bonchev–Trinajstić information content (AvgIpc) is 3.26. The number of hydrogen-bond acceptors (Lipinski definition) is 4. The highest BCUT2D eigenvalue weighted by Gasteiger charge is 2.18. The highest BCUT2D eigenvalue weighted by molar-refractivity contribution is 5.94. The summed E-state index contributed by atoms with van der Waals surface area (Å²) in [5.74, 6) is 0.809. The second-order valence-corrected chi connectivity index (χ2v) is 8.86. The van der Waals surface area contributed by atoms with Gasteiger partial charge in [0.15, 0.2) is 0 Å². The normalized spacial score (nSPS) is 14.2. The van der Waals surface area contributed by atoms with Crippen LogP contribution in [0.1, 0.15) is 36.0 Å². The van der Waals surface area contributed by atoms with Crippen molar-refractivity contribution in [3.05, 3.63) is 83.4 Å². The molecule has 174 valence electrons. The molecule has 6 nitrogen and oxygen atoms in total. The molecule has 2 heterocycles. The van der Waals surface area contributed by atoms with Crippen LogP contribution in [0.15, 0.2) is 66.7 Å². The zero-order chi connectivity index (χ0) is 23.3. The molecule has 0 saturated carbocycles. The van der Waals surface area contributed by atoms with Gasteiger partial charge in [-0.25, -0.2) is 0 Å². The summed E-state index contributed by atoms with van der Waals surface area (Å²) in [6, 6.07) is 22.4. The van der Waals surface area contributed by atoms with Gasteiger partial charge in [-0.1, -0.05) is 30.3 Å². The summed E-state index contributed by atoms with van der Waals surface area (Å²) >= 11 is 0. The predicted octanol–water partition coefficient (Wildman–Crippen LogP) is 4.93. The second-order valence-electron chi connectivity index (χ2n) is 8.86. The zero-order valence-corrected chi connectivity index (χ0v) is 19.2. The van der Waals surface area contributed by atoms with Crippen LogP contribution in [0.5, 0.6) is 5.75 Å². The summed E-state index contributed by atoms with van der Waals surface area (Å²) in [4.78, 5) is 26.2. The molecule has 5 rings (SSSR count). The highest BCUT2D eigenvalue weighted by Crippen LogP contribution is 2.29. The number of rotatable bonds is 8. The Morgan fingerprint density at radius 3 is 2.71 bits per heavy atom. The topological polar surface area (TPSA) is 70.7 Å². The van der Waals surface area contributed by atoms with Crippen molar-refractivity contribution in [3.63, 3.8) is 0 Å². The number of nitrogens with one attached hydrogen (secondary N) is 2. The van der Waals surface area contributed by atoms with Crippen molar-refractivity contribution >= 4 is 28.9 Å². The highest BCUT2D eigenvalue weighted by atomic mass is 16.5. The third-order valence-electron chi connectivity index (χ3n) is 6.38. The lowest BCUT2D eigenvalue weighted by molar-refractivity contribution is -0.117. The molecule has 0 unspecified atom stereocenters. The van der Waals surface area contributed by atoms with Gasteiger partial charge in [-0.15, -0.1) is 0 Å². The summed E-state index contributed by atoms with van der Waals surface area (Å²) in [7, 11) is 0. The van der Waals surface area contributed by atoms with Crippen molar-refractivity contribution in [1.29, 1.82) is 0 Å². The van der Waals surface area contributed by atoms with E-state index >= 15 is 0 Å². The monoisotopic (exact) mass is 455 g/mol. The fourth-order valence-electron chi connectivity index (χ4n) is 4.58. The van der Waals surface area contributed by atoms with Crippen LogP contribution in [0.3, 0.4) is 0 Å². The number of para-hydroxylation sites is 1. The number of carbonyl (C=O) groups is 2. The van der Waals surface area contributed by atoms with Crippen LogP contribution in [0.25, 0.3) is 0 Å². The van der Waals surface area contributed by atoms with Gasteiger partial charge in [0, 0.05) is 43.0 Å². The number of aryl methyl sites for hydroxylation is 1. The van der Waals surface area contributed by atoms with Gasteiger partial charge in [0.2, 0.25) is 11.8 Å². The molecule has 3 aromatic carbocycles. The molecule has 2 amide bonds. The van der Waals surface area contributed by atoms with E-state index in [1.807, 2.05) is 30.3 Å². The smallest absolute Gasteiger partial charge is 0.224 e. The van der Waals surface area contributed by atoms with E-state index in [2.05, 4.69) is 51.9 Å². The molecule has 0 radical (unpaired) electrons. The van der Waals surface area contributed by atoms with Crippen LogP contribution in [0.4, 0.5) is 17.1 Å². The minimum atomic E-state index is -0.0158. The van der Waals surface area contributed by atoms with Gasteiger partial charge in [-0.2, -0.15) is 0 Å². The average molecular weight is 456 g/mol.